The van der Waals surface area contributed by atoms with Gasteiger partial charge in [-0.1, -0.05) is 5.16 Å². The molecular formula is C9H10N2OS. The molecule has 13 heavy (non-hydrogen) atoms. The van der Waals surface area contributed by atoms with Gasteiger partial charge in [-0.15, -0.1) is 0 Å². The van der Waals surface area contributed by atoms with Crippen LogP contribution in [0.2, 0.25) is 0 Å². The Kier molecular flexibility index (Phi) is 2.40. The Bertz CT molecular complexity index is 367. The van der Waals surface area contributed by atoms with Gasteiger partial charge in [0.1, 0.15) is 0 Å². The lowest BCUT2D eigenvalue weighted by Gasteiger charge is -1.90. The van der Waals surface area contributed by atoms with E-state index in [9.17, 15) is 0 Å². The van der Waals surface area contributed by atoms with E-state index in [4.69, 9.17) is 4.52 Å². The van der Waals surface area contributed by atoms with E-state index in [1.807, 2.05) is 6.92 Å². The van der Waals surface area contributed by atoms with Gasteiger partial charge < -0.3 is 4.52 Å². The molecule has 0 spiro atoms. The molecule has 2 aromatic rings. The van der Waals surface area contributed by atoms with Gasteiger partial charge in [-0.25, -0.2) is 0 Å². The minimum Gasteiger partial charge on any atom is -0.339 e. The average Bonchev–Trinajstić information content (AvgIpc) is 2.71. The van der Waals surface area contributed by atoms with Gasteiger partial charge in [0.2, 0.25) is 5.89 Å². The highest BCUT2D eigenvalue weighted by Crippen LogP contribution is 2.09. The Morgan fingerprint density at radius 2 is 2.38 bits per heavy atom. The number of thiophene rings is 1. The first-order valence-electron chi connectivity index (χ1n) is 4.15. The zero-order chi connectivity index (χ0) is 9.10. The lowest BCUT2D eigenvalue weighted by Crippen LogP contribution is -1.89. The molecule has 68 valence electrons. The molecular weight excluding hydrogens is 184 g/mol. The topological polar surface area (TPSA) is 38.9 Å². The molecule has 2 heterocycles. The van der Waals surface area contributed by atoms with Crippen molar-refractivity contribution in [1.29, 1.82) is 0 Å². The van der Waals surface area contributed by atoms with Crippen molar-refractivity contribution in [2.75, 3.05) is 0 Å². The van der Waals surface area contributed by atoms with E-state index in [1.165, 1.54) is 5.56 Å². The molecule has 0 aliphatic carbocycles. The van der Waals surface area contributed by atoms with Crippen molar-refractivity contribution in [1.82, 2.24) is 10.1 Å². The summed E-state index contributed by atoms with van der Waals surface area (Å²) in [6.07, 6.45) is 1.81. The van der Waals surface area contributed by atoms with Crippen molar-refractivity contribution in [3.8, 4) is 0 Å². The maximum atomic E-state index is 5.00. The van der Waals surface area contributed by atoms with Crippen LogP contribution >= 0.6 is 11.3 Å². The molecule has 3 nitrogen and oxygen atoms in total. The Morgan fingerprint density at radius 3 is 3.00 bits per heavy atom. The van der Waals surface area contributed by atoms with Crippen molar-refractivity contribution >= 4 is 11.3 Å². The maximum absolute atomic E-state index is 5.00. The highest BCUT2D eigenvalue weighted by molar-refractivity contribution is 7.07. The first-order chi connectivity index (χ1) is 6.34. The third-order valence-corrected chi connectivity index (χ3v) is 2.51. The van der Waals surface area contributed by atoms with Crippen LogP contribution < -0.4 is 0 Å². The predicted octanol–water partition coefficient (Wildman–Crippen LogP) is 2.22. The van der Waals surface area contributed by atoms with Crippen molar-refractivity contribution in [2.24, 2.45) is 0 Å². The number of rotatable bonds is 3. The van der Waals surface area contributed by atoms with Crippen molar-refractivity contribution in [2.45, 2.75) is 19.8 Å². The van der Waals surface area contributed by atoms with Crippen LogP contribution in [0.15, 0.2) is 21.3 Å². The second-order valence-electron chi connectivity index (χ2n) is 2.87. The highest BCUT2D eigenvalue weighted by atomic mass is 32.1. The van der Waals surface area contributed by atoms with E-state index in [1.54, 1.807) is 11.3 Å². The van der Waals surface area contributed by atoms with Gasteiger partial charge in [0, 0.05) is 6.42 Å². The third-order valence-electron chi connectivity index (χ3n) is 1.78. The molecule has 0 N–H and O–H groups in total. The lowest BCUT2D eigenvalue weighted by molar-refractivity contribution is 0.375. The zero-order valence-electron chi connectivity index (χ0n) is 7.36. The summed E-state index contributed by atoms with van der Waals surface area (Å²) in [7, 11) is 0. The van der Waals surface area contributed by atoms with Crippen LogP contribution in [-0.2, 0) is 12.8 Å². The van der Waals surface area contributed by atoms with E-state index in [-0.39, 0.29) is 0 Å². The second kappa shape index (κ2) is 3.70. The van der Waals surface area contributed by atoms with Gasteiger partial charge >= 0.3 is 0 Å². The number of aromatic nitrogens is 2. The van der Waals surface area contributed by atoms with Gasteiger partial charge in [-0.3, -0.25) is 0 Å². The molecule has 2 aromatic heterocycles. The van der Waals surface area contributed by atoms with Crippen LogP contribution in [-0.4, -0.2) is 10.1 Å². The van der Waals surface area contributed by atoms with Gasteiger partial charge in [0.05, 0.1) is 0 Å². The lowest BCUT2D eigenvalue weighted by atomic mass is 10.2. The number of nitrogens with zero attached hydrogens (tertiary/aromatic N) is 2. The minimum atomic E-state index is 0.709. The molecule has 0 fully saturated rings. The first-order valence-corrected chi connectivity index (χ1v) is 5.09. The van der Waals surface area contributed by atoms with Crippen LogP contribution in [0.1, 0.15) is 17.3 Å². The Balaban J connectivity index is 1.93. The molecule has 2 rings (SSSR count). The normalized spacial score (nSPS) is 10.5. The molecule has 0 aromatic carbocycles. The zero-order valence-corrected chi connectivity index (χ0v) is 8.17. The molecule has 0 aliphatic heterocycles. The fourth-order valence-electron chi connectivity index (χ4n) is 1.13. The molecule has 0 bridgehead atoms. The molecule has 0 unspecified atom stereocenters. The Hall–Kier alpha value is -1.16. The summed E-state index contributed by atoms with van der Waals surface area (Å²) in [5.41, 5.74) is 1.33. The first kappa shape index (κ1) is 8.44. The molecule has 0 saturated carbocycles. The number of hydrogen-bond donors (Lipinski definition) is 0. The van der Waals surface area contributed by atoms with Crippen LogP contribution in [0.4, 0.5) is 0 Å². The van der Waals surface area contributed by atoms with Gasteiger partial charge in [-0.05, 0) is 35.7 Å². The smallest absolute Gasteiger partial charge is 0.226 e. The average molecular weight is 194 g/mol. The van der Waals surface area contributed by atoms with Crippen LogP contribution in [0.25, 0.3) is 0 Å². The minimum absolute atomic E-state index is 0.709. The monoisotopic (exact) mass is 194 g/mol. The van der Waals surface area contributed by atoms with Crippen LogP contribution in [0.5, 0.6) is 0 Å². The summed E-state index contributed by atoms with van der Waals surface area (Å²) in [6, 6.07) is 2.12. The van der Waals surface area contributed by atoms with Crippen LogP contribution in [0.3, 0.4) is 0 Å². The third kappa shape index (κ3) is 2.15. The fraction of sp³-hybridized carbons (Fsp3) is 0.333. The SMILES string of the molecule is Cc1noc(CCc2ccsc2)n1. The van der Waals surface area contributed by atoms with E-state index in [2.05, 4.69) is 27.0 Å². The van der Waals surface area contributed by atoms with Crippen LogP contribution in [0, 0.1) is 6.92 Å². The summed E-state index contributed by atoms with van der Waals surface area (Å²) in [6.45, 7) is 1.83. The van der Waals surface area contributed by atoms with Crippen molar-refractivity contribution in [3.63, 3.8) is 0 Å². The predicted molar refractivity (Wildman–Crippen MR) is 50.8 cm³/mol. The van der Waals surface area contributed by atoms with E-state index in [0.717, 1.165) is 18.7 Å². The molecule has 0 aliphatic rings. The molecule has 4 heteroatoms. The van der Waals surface area contributed by atoms with Crippen molar-refractivity contribution in [3.05, 3.63) is 34.1 Å². The standard InChI is InChI=1S/C9H10N2OS/c1-7-10-9(12-11-7)3-2-8-4-5-13-6-8/h4-6H,2-3H2,1H3. The van der Waals surface area contributed by atoms with E-state index < -0.39 is 0 Å². The highest BCUT2D eigenvalue weighted by Gasteiger charge is 2.02. The van der Waals surface area contributed by atoms with Gasteiger partial charge in [-0.2, -0.15) is 16.3 Å². The fourth-order valence-corrected chi connectivity index (χ4v) is 1.83. The van der Waals surface area contributed by atoms with Crippen molar-refractivity contribution < 1.29 is 4.52 Å². The second-order valence-corrected chi connectivity index (χ2v) is 3.65. The summed E-state index contributed by atoms with van der Waals surface area (Å²) in [5, 5.41) is 7.95. The van der Waals surface area contributed by atoms with Gasteiger partial charge in [0.15, 0.2) is 5.82 Å². The van der Waals surface area contributed by atoms with E-state index in [0.29, 0.717) is 5.82 Å². The molecule has 0 atom stereocenters. The molecule has 0 amide bonds. The quantitative estimate of drug-likeness (QED) is 0.752. The van der Waals surface area contributed by atoms with E-state index >= 15 is 0 Å². The summed E-state index contributed by atoms with van der Waals surface area (Å²) < 4.78 is 5.00. The number of hydrogen-bond acceptors (Lipinski definition) is 4. The maximum Gasteiger partial charge on any atom is 0.226 e. The van der Waals surface area contributed by atoms with Gasteiger partial charge in [0.25, 0.3) is 0 Å². The largest absolute Gasteiger partial charge is 0.339 e. The Morgan fingerprint density at radius 1 is 1.46 bits per heavy atom. The summed E-state index contributed by atoms with van der Waals surface area (Å²) in [4.78, 5) is 4.14. The number of aryl methyl sites for hydroxylation is 3. The molecule has 0 saturated heterocycles. The summed E-state index contributed by atoms with van der Waals surface area (Å²) in [5.74, 6) is 1.43. The summed E-state index contributed by atoms with van der Waals surface area (Å²) >= 11 is 1.71. The Labute approximate surface area is 80.4 Å². The molecule has 0 radical (unpaired) electrons.